The highest BCUT2D eigenvalue weighted by Gasteiger charge is 2.19. The van der Waals surface area contributed by atoms with E-state index in [9.17, 15) is 8.42 Å². The van der Waals surface area contributed by atoms with Crippen LogP contribution in [0, 0.1) is 12.8 Å². The minimum absolute atomic E-state index is 0.0566. The van der Waals surface area contributed by atoms with Crippen LogP contribution in [0.15, 0.2) is 45.9 Å². The van der Waals surface area contributed by atoms with Crippen molar-refractivity contribution in [1.82, 2.24) is 10.1 Å². The van der Waals surface area contributed by atoms with E-state index >= 15 is 0 Å². The van der Waals surface area contributed by atoms with E-state index in [0.29, 0.717) is 23.1 Å². The van der Waals surface area contributed by atoms with Crippen LogP contribution in [0.2, 0.25) is 0 Å². The van der Waals surface area contributed by atoms with Gasteiger partial charge in [-0.05, 0) is 67.9 Å². The van der Waals surface area contributed by atoms with Crippen LogP contribution in [0.25, 0.3) is 22.5 Å². The molecule has 0 spiro atoms. The molecule has 1 aliphatic rings. The fourth-order valence-corrected chi connectivity index (χ4v) is 4.46. The van der Waals surface area contributed by atoms with Crippen LogP contribution in [0.3, 0.4) is 0 Å². The zero-order valence-electron chi connectivity index (χ0n) is 17.4. The number of sulfonamides is 1. The summed E-state index contributed by atoms with van der Waals surface area (Å²) in [6.45, 7) is 3.41. The van der Waals surface area contributed by atoms with Crippen LogP contribution < -0.4 is 10.9 Å². The average Bonchev–Trinajstić information content (AvgIpc) is 3.18. The molecule has 1 fully saturated rings. The number of hydrogen-bond donors (Lipinski definition) is 2. The van der Waals surface area contributed by atoms with E-state index in [1.165, 1.54) is 0 Å². The van der Waals surface area contributed by atoms with Crippen LogP contribution in [-0.2, 0) is 21.2 Å². The van der Waals surface area contributed by atoms with Gasteiger partial charge < -0.3 is 15.0 Å². The molecule has 1 aliphatic heterocycles. The first-order chi connectivity index (χ1) is 14.8. The molecule has 0 aliphatic carbocycles. The van der Waals surface area contributed by atoms with Crippen LogP contribution in [0.1, 0.15) is 30.5 Å². The van der Waals surface area contributed by atoms with Crippen molar-refractivity contribution < 1.29 is 17.7 Å². The number of primary sulfonamides is 1. The standard InChI is InChI=1S/C22H26N4O4S/c1-14-9-21(30-26-14)20-10-17(12-25-22(20)23)19-11-18(31(24,27)28)7-6-16(19)5-4-15-3-2-8-29-13-15/h6-7,9-12,15H,2-5,8,13H2,1H3,(H2,23,25)(H2,24,27,28). The van der Waals surface area contributed by atoms with Crippen molar-refractivity contribution in [2.45, 2.75) is 37.5 Å². The minimum atomic E-state index is -3.85. The Hall–Kier alpha value is -2.75. The molecule has 2 aromatic heterocycles. The predicted octanol–water partition coefficient (Wildman–Crippen LogP) is 3.30. The van der Waals surface area contributed by atoms with Gasteiger partial charge in [-0.1, -0.05) is 11.2 Å². The summed E-state index contributed by atoms with van der Waals surface area (Å²) in [7, 11) is -3.85. The first-order valence-corrected chi connectivity index (χ1v) is 11.8. The second-order valence-electron chi connectivity index (χ2n) is 7.98. The van der Waals surface area contributed by atoms with Gasteiger partial charge in [0.1, 0.15) is 5.82 Å². The Morgan fingerprint density at radius 3 is 2.71 bits per heavy atom. The Morgan fingerprint density at radius 1 is 1.19 bits per heavy atom. The molecule has 8 nitrogen and oxygen atoms in total. The number of hydrogen-bond acceptors (Lipinski definition) is 7. The summed E-state index contributed by atoms with van der Waals surface area (Å²) in [5.74, 6) is 1.31. The van der Waals surface area contributed by atoms with Crippen LogP contribution in [0.4, 0.5) is 5.82 Å². The Labute approximate surface area is 181 Å². The van der Waals surface area contributed by atoms with E-state index in [1.807, 2.05) is 19.1 Å². The Bertz CT molecular complexity index is 1180. The number of nitrogen functional groups attached to an aromatic ring is 1. The molecule has 0 amide bonds. The van der Waals surface area contributed by atoms with Crippen LogP contribution >= 0.6 is 0 Å². The molecule has 3 aromatic rings. The van der Waals surface area contributed by atoms with Crippen LogP contribution in [-0.4, -0.2) is 31.8 Å². The van der Waals surface area contributed by atoms with Gasteiger partial charge in [-0.15, -0.1) is 0 Å². The number of nitrogens with zero attached hydrogens (tertiary/aromatic N) is 2. The van der Waals surface area contributed by atoms with Gasteiger partial charge in [0.25, 0.3) is 0 Å². The number of aromatic nitrogens is 2. The van der Waals surface area contributed by atoms with E-state index in [0.717, 1.165) is 61.3 Å². The van der Waals surface area contributed by atoms with E-state index < -0.39 is 10.0 Å². The highest BCUT2D eigenvalue weighted by Crippen LogP contribution is 2.34. The highest BCUT2D eigenvalue weighted by molar-refractivity contribution is 7.89. The molecule has 1 saturated heterocycles. The largest absolute Gasteiger partial charge is 0.383 e. The maximum Gasteiger partial charge on any atom is 0.238 e. The number of rotatable bonds is 6. The summed E-state index contributed by atoms with van der Waals surface area (Å²) < 4.78 is 34.9. The molecule has 164 valence electrons. The fourth-order valence-electron chi connectivity index (χ4n) is 3.92. The predicted molar refractivity (Wildman–Crippen MR) is 118 cm³/mol. The van der Waals surface area contributed by atoms with Gasteiger partial charge in [0, 0.05) is 31.0 Å². The quantitative estimate of drug-likeness (QED) is 0.598. The van der Waals surface area contributed by atoms with Gasteiger partial charge in [0.2, 0.25) is 10.0 Å². The van der Waals surface area contributed by atoms with E-state index in [4.69, 9.17) is 20.1 Å². The molecule has 4 N–H and O–H groups in total. The minimum Gasteiger partial charge on any atom is -0.383 e. The lowest BCUT2D eigenvalue weighted by Gasteiger charge is -2.22. The first-order valence-electron chi connectivity index (χ1n) is 10.2. The fraction of sp³-hybridized carbons (Fsp3) is 0.364. The molecule has 9 heteroatoms. The third kappa shape index (κ3) is 4.95. The number of aryl methyl sites for hydroxylation is 2. The topological polar surface area (TPSA) is 134 Å². The second kappa shape index (κ2) is 8.78. The third-order valence-corrected chi connectivity index (χ3v) is 6.52. The van der Waals surface area contributed by atoms with Crippen molar-refractivity contribution in [3.63, 3.8) is 0 Å². The zero-order valence-corrected chi connectivity index (χ0v) is 18.2. The molecular weight excluding hydrogens is 416 g/mol. The van der Waals surface area contributed by atoms with Crippen molar-refractivity contribution in [3.8, 4) is 22.5 Å². The molecule has 1 atom stereocenters. The van der Waals surface area contributed by atoms with Gasteiger partial charge in [0.15, 0.2) is 5.76 Å². The average molecular weight is 443 g/mol. The van der Waals surface area contributed by atoms with E-state index in [2.05, 4.69) is 10.1 Å². The number of nitrogens with two attached hydrogens (primary N) is 2. The Morgan fingerprint density at radius 2 is 2.03 bits per heavy atom. The molecule has 0 bridgehead atoms. The lowest BCUT2D eigenvalue weighted by molar-refractivity contribution is 0.0518. The maximum absolute atomic E-state index is 12.0. The van der Waals surface area contributed by atoms with Gasteiger partial charge in [-0.2, -0.15) is 0 Å². The summed E-state index contributed by atoms with van der Waals surface area (Å²) in [5, 5.41) is 9.30. The monoisotopic (exact) mass is 442 g/mol. The normalized spacial score (nSPS) is 17.0. The van der Waals surface area contributed by atoms with Gasteiger partial charge >= 0.3 is 0 Å². The lowest BCUT2D eigenvalue weighted by Crippen LogP contribution is -2.18. The van der Waals surface area contributed by atoms with Crippen molar-refractivity contribution >= 4 is 15.8 Å². The third-order valence-electron chi connectivity index (χ3n) is 5.61. The first kappa shape index (κ1) is 21.5. The van der Waals surface area contributed by atoms with E-state index in [1.54, 1.807) is 24.4 Å². The smallest absolute Gasteiger partial charge is 0.238 e. The molecule has 0 radical (unpaired) electrons. The molecule has 1 unspecified atom stereocenters. The molecule has 31 heavy (non-hydrogen) atoms. The number of ether oxygens (including phenoxy) is 1. The Kier molecular flexibility index (Phi) is 6.08. The van der Waals surface area contributed by atoms with Gasteiger partial charge in [0.05, 0.1) is 16.2 Å². The lowest BCUT2D eigenvalue weighted by atomic mass is 9.91. The summed E-state index contributed by atoms with van der Waals surface area (Å²) in [4.78, 5) is 4.37. The van der Waals surface area contributed by atoms with Gasteiger partial charge in [-0.25, -0.2) is 18.5 Å². The Balaban J connectivity index is 1.74. The number of pyridine rings is 1. The highest BCUT2D eigenvalue weighted by atomic mass is 32.2. The summed E-state index contributed by atoms with van der Waals surface area (Å²) >= 11 is 0. The second-order valence-corrected chi connectivity index (χ2v) is 9.54. The zero-order chi connectivity index (χ0) is 22.0. The van der Waals surface area contributed by atoms with Crippen molar-refractivity contribution in [1.29, 1.82) is 0 Å². The SMILES string of the molecule is Cc1cc(-c2cc(-c3cc(S(N)(=O)=O)ccc3CCC3CCCOC3)cnc2N)on1. The number of anilines is 1. The van der Waals surface area contributed by atoms with Crippen molar-refractivity contribution in [2.24, 2.45) is 11.1 Å². The molecule has 4 rings (SSSR count). The van der Waals surface area contributed by atoms with Crippen LogP contribution in [0.5, 0.6) is 0 Å². The summed E-state index contributed by atoms with van der Waals surface area (Å²) in [6.07, 6.45) is 5.60. The summed E-state index contributed by atoms with van der Waals surface area (Å²) in [5.41, 5.74) is 9.91. The van der Waals surface area contributed by atoms with Gasteiger partial charge in [-0.3, -0.25) is 0 Å². The molecule has 0 saturated carbocycles. The molecule has 1 aromatic carbocycles. The summed E-state index contributed by atoms with van der Waals surface area (Å²) in [6, 6.07) is 8.61. The number of benzene rings is 1. The molecular formula is C22H26N4O4S. The molecule has 3 heterocycles. The van der Waals surface area contributed by atoms with E-state index in [-0.39, 0.29) is 4.90 Å². The van der Waals surface area contributed by atoms with Crippen molar-refractivity contribution in [3.05, 3.63) is 47.8 Å². The maximum atomic E-state index is 12.0. The van der Waals surface area contributed by atoms with Crippen molar-refractivity contribution in [2.75, 3.05) is 18.9 Å².